The van der Waals surface area contributed by atoms with Crippen molar-refractivity contribution >= 4 is 36.7 Å². The van der Waals surface area contributed by atoms with Crippen molar-refractivity contribution in [3.8, 4) is 5.75 Å². The Bertz CT molecular complexity index is 383. The van der Waals surface area contributed by atoms with Gasteiger partial charge in [-0.1, -0.05) is 0 Å². The Morgan fingerprint density at radius 2 is 1.93 bits per heavy atom. The van der Waals surface area contributed by atoms with E-state index < -0.39 is 8.32 Å². The number of ketones is 1. The summed E-state index contributed by atoms with van der Waals surface area (Å²) in [7, 11) is -1.65. The minimum absolute atomic E-state index is 0.0552. The topological polar surface area (TPSA) is 26.3 Å². The summed E-state index contributed by atoms with van der Waals surface area (Å²) < 4.78 is 6.98. The number of carbonyl (C=O) groups excluding carboxylic acids is 1. The first kappa shape index (κ1) is 12.7. The average Bonchev–Trinajstić information content (AvgIpc) is 1.99. The lowest BCUT2D eigenvalue weighted by Crippen LogP contribution is -2.30. The molecule has 0 saturated carbocycles. The molecule has 0 N–H and O–H groups in total. The van der Waals surface area contributed by atoms with Crippen LogP contribution in [0.2, 0.25) is 19.6 Å². The monoisotopic (exact) mass is 334 g/mol. The minimum Gasteiger partial charge on any atom is -0.544 e. The van der Waals surface area contributed by atoms with E-state index >= 15 is 0 Å². The molecular formula is C11H15IO2Si. The van der Waals surface area contributed by atoms with Crippen molar-refractivity contribution in [2.45, 2.75) is 26.6 Å². The summed E-state index contributed by atoms with van der Waals surface area (Å²) >= 11 is 2.22. The van der Waals surface area contributed by atoms with E-state index in [2.05, 4.69) is 42.2 Å². The van der Waals surface area contributed by atoms with E-state index in [1.165, 1.54) is 0 Å². The van der Waals surface area contributed by atoms with Crippen LogP contribution in [-0.4, -0.2) is 14.1 Å². The Hall–Kier alpha value is -0.363. The molecule has 0 fully saturated rings. The van der Waals surface area contributed by atoms with Crippen molar-refractivity contribution < 1.29 is 9.22 Å². The van der Waals surface area contributed by atoms with Gasteiger partial charge in [-0.3, -0.25) is 4.79 Å². The molecule has 1 aromatic rings. The molecule has 1 aromatic carbocycles. The Balaban J connectivity index is 3.13. The summed E-state index contributed by atoms with van der Waals surface area (Å²) in [6.45, 7) is 7.89. The molecule has 0 saturated heterocycles. The first-order valence-corrected chi connectivity index (χ1v) is 9.28. The molecular weight excluding hydrogens is 319 g/mol. The summed E-state index contributed by atoms with van der Waals surface area (Å²) in [5.74, 6) is 0.785. The van der Waals surface area contributed by atoms with Gasteiger partial charge in [-0.2, -0.15) is 0 Å². The van der Waals surface area contributed by atoms with E-state index in [1.54, 1.807) is 6.92 Å². The van der Waals surface area contributed by atoms with Crippen molar-refractivity contribution in [3.05, 3.63) is 27.3 Å². The number of halogens is 1. The van der Waals surface area contributed by atoms with Gasteiger partial charge in [0.15, 0.2) is 5.78 Å². The summed E-state index contributed by atoms with van der Waals surface area (Å²) in [5.41, 5.74) is 0.679. The number of rotatable bonds is 3. The molecule has 0 heterocycles. The molecule has 4 heteroatoms. The fourth-order valence-corrected chi connectivity index (χ4v) is 2.49. The van der Waals surface area contributed by atoms with Gasteiger partial charge in [-0.05, 0) is 67.4 Å². The van der Waals surface area contributed by atoms with Gasteiger partial charge in [0.1, 0.15) is 5.75 Å². The van der Waals surface area contributed by atoms with Gasteiger partial charge >= 0.3 is 0 Å². The van der Waals surface area contributed by atoms with Crippen LogP contribution < -0.4 is 4.43 Å². The molecule has 0 aliphatic carbocycles. The van der Waals surface area contributed by atoms with E-state index in [9.17, 15) is 4.79 Å². The largest absolute Gasteiger partial charge is 0.544 e. The second-order valence-corrected chi connectivity index (χ2v) is 10.1. The van der Waals surface area contributed by atoms with Crippen LogP contribution >= 0.6 is 22.6 Å². The highest BCUT2D eigenvalue weighted by molar-refractivity contribution is 14.1. The zero-order valence-electron chi connectivity index (χ0n) is 9.43. The van der Waals surface area contributed by atoms with E-state index in [0.717, 1.165) is 9.32 Å². The lowest BCUT2D eigenvalue weighted by Gasteiger charge is -2.21. The first-order chi connectivity index (χ1) is 6.79. The number of Topliss-reactive ketones (excluding diaryl/α,β-unsaturated/α-hetero) is 1. The number of benzene rings is 1. The normalized spacial score (nSPS) is 11.3. The van der Waals surface area contributed by atoms with Crippen LogP contribution in [0.15, 0.2) is 18.2 Å². The van der Waals surface area contributed by atoms with Gasteiger partial charge < -0.3 is 4.43 Å². The maximum absolute atomic E-state index is 11.4. The van der Waals surface area contributed by atoms with Gasteiger partial charge in [0.2, 0.25) is 8.32 Å². The van der Waals surface area contributed by atoms with E-state index in [-0.39, 0.29) is 5.78 Å². The number of hydrogen-bond donors (Lipinski definition) is 0. The second-order valence-electron chi connectivity index (χ2n) is 4.41. The fraction of sp³-hybridized carbons (Fsp3) is 0.364. The average molecular weight is 334 g/mol. The quantitative estimate of drug-likeness (QED) is 0.479. The van der Waals surface area contributed by atoms with Crippen molar-refractivity contribution in [3.63, 3.8) is 0 Å². The molecule has 0 aromatic heterocycles. The van der Waals surface area contributed by atoms with Gasteiger partial charge in [0.25, 0.3) is 0 Å². The maximum atomic E-state index is 11.4. The van der Waals surface area contributed by atoms with Gasteiger partial charge in [0, 0.05) is 3.57 Å². The molecule has 0 unspecified atom stereocenters. The predicted octanol–water partition coefficient (Wildman–Crippen LogP) is 3.71. The minimum atomic E-state index is -1.65. The van der Waals surface area contributed by atoms with Crippen LogP contribution in [0.1, 0.15) is 17.3 Å². The van der Waals surface area contributed by atoms with Crippen molar-refractivity contribution in [1.29, 1.82) is 0 Å². The molecule has 1 rings (SSSR count). The van der Waals surface area contributed by atoms with Crippen LogP contribution in [0.3, 0.4) is 0 Å². The predicted molar refractivity (Wildman–Crippen MR) is 73.1 cm³/mol. The van der Waals surface area contributed by atoms with Gasteiger partial charge in [0.05, 0.1) is 5.56 Å². The smallest absolute Gasteiger partial charge is 0.242 e. The zero-order valence-corrected chi connectivity index (χ0v) is 12.6. The van der Waals surface area contributed by atoms with Crippen LogP contribution in [0, 0.1) is 3.57 Å². The Morgan fingerprint density at radius 3 is 2.40 bits per heavy atom. The lowest BCUT2D eigenvalue weighted by molar-refractivity contribution is 0.101. The third-order valence-electron chi connectivity index (χ3n) is 1.74. The van der Waals surface area contributed by atoms with Crippen LogP contribution in [0.4, 0.5) is 0 Å². The van der Waals surface area contributed by atoms with Crippen molar-refractivity contribution in [2.24, 2.45) is 0 Å². The van der Waals surface area contributed by atoms with Gasteiger partial charge in [-0.15, -0.1) is 0 Å². The first-order valence-electron chi connectivity index (χ1n) is 4.79. The summed E-state index contributed by atoms with van der Waals surface area (Å²) in [5, 5.41) is 0. The highest BCUT2D eigenvalue weighted by Gasteiger charge is 2.19. The van der Waals surface area contributed by atoms with E-state index in [0.29, 0.717) is 5.56 Å². The molecule has 0 aliphatic rings. The molecule has 0 spiro atoms. The maximum Gasteiger partial charge on any atom is 0.242 e. The zero-order chi connectivity index (χ0) is 11.6. The second kappa shape index (κ2) is 4.65. The summed E-state index contributed by atoms with van der Waals surface area (Å²) in [6, 6.07) is 5.68. The highest BCUT2D eigenvalue weighted by Crippen LogP contribution is 2.24. The molecule has 15 heavy (non-hydrogen) atoms. The van der Waals surface area contributed by atoms with E-state index in [1.807, 2.05) is 18.2 Å². The molecule has 0 radical (unpaired) electrons. The van der Waals surface area contributed by atoms with Crippen LogP contribution in [0.5, 0.6) is 5.75 Å². The van der Waals surface area contributed by atoms with Crippen molar-refractivity contribution in [1.82, 2.24) is 0 Å². The number of carbonyl (C=O) groups is 1. The molecule has 2 nitrogen and oxygen atoms in total. The summed E-state index contributed by atoms with van der Waals surface area (Å²) in [4.78, 5) is 11.4. The lowest BCUT2D eigenvalue weighted by atomic mass is 10.1. The Morgan fingerprint density at radius 1 is 1.33 bits per heavy atom. The third-order valence-corrected chi connectivity index (χ3v) is 3.24. The Labute approximate surface area is 105 Å². The standard InChI is InChI=1S/C11H15IO2Si/c1-8(13)10-6-5-9(12)7-11(10)14-15(2,3)4/h5-7H,1-4H3. The molecule has 82 valence electrons. The molecule has 0 amide bonds. The fourth-order valence-electron chi connectivity index (χ4n) is 1.20. The summed E-state index contributed by atoms with van der Waals surface area (Å²) in [6.07, 6.45) is 0. The van der Waals surface area contributed by atoms with Crippen molar-refractivity contribution in [2.75, 3.05) is 0 Å². The third kappa shape index (κ3) is 3.94. The highest BCUT2D eigenvalue weighted by atomic mass is 127. The number of hydrogen-bond acceptors (Lipinski definition) is 2. The van der Waals surface area contributed by atoms with Crippen LogP contribution in [-0.2, 0) is 0 Å². The van der Waals surface area contributed by atoms with Crippen LogP contribution in [0.25, 0.3) is 0 Å². The Kier molecular flexibility index (Phi) is 3.94. The SMILES string of the molecule is CC(=O)c1ccc(I)cc1O[Si](C)(C)C. The molecule has 0 aliphatic heterocycles. The molecule has 0 bridgehead atoms. The molecule has 0 atom stereocenters. The van der Waals surface area contributed by atoms with E-state index in [4.69, 9.17) is 4.43 Å². The van der Waals surface area contributed by atoms with Gasteiger partial charge in [-0.25, -0.2) is 0 Å².